The Morgan fingerprint density at radius 3 is 2.61 bits per heavy atom. The monoisotopic (exact) mass is 253 g/mol. The molecule has 0 aromatic heterocycles. The number of carboxylic acids is 1. The van der Waals surface area contributed by atoms with Crippen LogP contribution in [0.15, 0.2) is 18.2 Å². The number of carboxylic acid groups (broad SMARTS) is 1. The van der Waals surface area contributed by atoms with Gasteiger partial charge in [-0.3, -0.25) is 9.59 Å². The van der Waals surface area contributed by atoms with Crippen molar-refractivity contribution in [3.8, 4) is 0 Å². The van der Waals surface area contributed by atoms with E-state index in [2.05, 4.69) is 0 Å². The van der Waals surface area contributed by atoms with Crippen molar-refractivity contribution in [2.75, 3.05) is 13.6 Å². The lowest BCUT2D eigenvalue weighted by molar-refractivity contribution is -0.141. The molecule has 0 saturated heterocycles. The van der Waals surface area contributed by atoms with Gasteiger partial charge in [0.2, 0.25) is 0 Å². The number of rotatable bonds is 4. The highest BCUT2D eigenvalue weighted by Gasteiger charge is 2.19. The van der Waals surface area contributed by atoms with Gasteiger partial charge in [-0.1, -0.05) is 13.0 Å². The molecule has 1 amide bonds. The molecule has 0 aliphatic heterocycles. The molecule has 1 aromatic carbocycles. The summed E-state index contributed by atoms with van der Waals surface area (Å²) in [4.78, 5) is 24.1. The van der Waals surface area contributed by atoms with Gasteiger partial charge in [0.05, 0.1) is 5.92 Å². The van der Waals surface area contributed by atoms with Crippen LogP contribution >= 0.6 is 0 Å². The maximum atomic E-state index is 13.1. The second-order valence-corrected chi connectivity index (χ2v) is 4.38. The molecule has 0 heterocycles. The number of hydrogen-bond acceptors (Lipinski definition) is 2. The van der Waals surface area contributed by atoms with E-state index >= 15 is 0 Å². The molecule has 1 N–H and O–H groups in total. The molecule has 1 aromatic rings. The van der Waals surface area contributed by atoms with E-state index in [4.69, 9.17) is 5.11 Å². The highest BCUT2D eigenvalue weighted by atomic mass is 19.1. The van der Waals surface area contributed by atoms with Crippen LogP contribution in [0.2, 0.25) is 0 Å². The SMILES string of the molecule is Cc1ccc(F)cc1C(=O)N(C)CC(C)C(=O)O. The molecule has 0 aliphatic carbocycles. The summed E-state index contributed by atoms with van der Waals surface area (Å²) in [5.74, 6) is -2.48. The summed E-state index contributed by atoms with van der Waals surface area (Å²) in [5, 5.41) is 8.78. The van der Waals surface area contributed by atoms with Gasteiger partial charge < -0.3 is 10.0 Å². The average Bonchev–Trinajstić information content (AvgIpc) is 2.31. The van der Waals surface area contributed by atoms with E-state index in [0.29, 0.717) is 5.56 Å². The number of hydrogen-bond donors (Lipinski definition) is 1. The van der Waals surface area contributed by atoms with Crippen molar-refractivity contribution in [1.82, 2.24) is 4.90 Å². The van der Waals surface area contributed by atoms with Crippen LogP contribution in [0, 0.1) is 18.7 Å². The van der Waals surface area contributed by atoms with Crippen molar-refractivity contribution in [2.45, 2.75) is 13.8 Å². The minimum atomic E-state index is -0.967. The molecule has 0 bridgehead atoms. The van der Waals surface area contributed by atoms with Gasteiger partial charge in [-0.2, -0.15) is 0 Å². The highest BCUT2D eigenvalue weighted by molar-refractivity contribution is 5.95. The van der Waals surface area contributed by atoms with Gasteiger partial charge in [0, 0.05) is 19.2 Å². The molecular weight excluding hydrogens is 237 g/mol. The van der Waals surface area contributed by atoms with E-state index in [1.807, 2.05) is 0 Å². The quantitative estimate of drug-likeness (QED) is 0.892. The molecule has 1 rings (SSSR count). The van der Waals surface area contributed by atoms with Crippen LogP contribution in [-0.2, 0) is 4.79 Å². The normalized spacial score (nSPS) is 12.0. The Kier molecular flexibility index (Phi) is 4.42. The summed E-state index contributed by atoms with van der Waals surface area (Å²) < 4.78 is 13.1. The topological polar surface area (TPSA) is 57.6 Å². The van der Waals surface area contributed by atoms with Crippen molar-refractivity contribution >= 4 is 11.9 Å². The Hall–Kier alpha value is -1.91. The number of nitrogens with zero attached hydrogens (tertiary/aromatic N) is 1. The molecule has 0 fully saturated rings. The number of halogens is 1. The van der Waals surface area contributed by atoms with Crippen molar-refractivity contribution < 1.29 is 19.1 Å². The van der Waals surface area contributed by atoms with Crippen LogP contribution in [0.25, 0.3) is 0 Å². The average molecular weight is 253 g/mol. The molecule has 0 spiro atoms. The number of amides is 1. The Labute approximate surface area is 105 Å². The fourth-order valence-electron chi connectivity index (χ4n) is 1.60. The predicted molar refractivity (Wildman–Crippen MR) is 64.9 cm³/mol. The first-order valence-electron chi connectivity index (χ1n) is 5.57. The molecule has 0 saturated carbocycles. The van der Waals surface area contributed by atoms with Crippen LogP contribution in [-0.4, -0.2) is 35.5 Å². The summed E-state index contributed by atoms with van der Waals surface area (Å²) in [7, 11) is 1.51. The van der Waals surface area contributed by atoms with Crippen molar-refractivity contribution in [1.29, 1.82) is 0 Å². The Balaban J connectivity index is 2.86. The number of carbonyl (C=O) groups excluding carboxylic acids is 1. The van der Waals surface area contributed by atoms with E-state index in [9.17, 15) is 14.0 Å². The molecular formula is C13H16FNO3. The van der Waals surface area contributed by atoms with Crippen molar-refractivity contribution in [3.05, 3.63) is 35.1 Å². The second kappa shape index (κ2) is 5.62. The number of aliphatic carboxylic acids is 1. The number of carbonyl (C=O) groups is 2. The van der Waals surface area contributed by atoms with E-state index in [1.54, 1.807) is 6.92 Å². The maximum absolute atomic E-state index is 13.1. The van der Waals surface area contributed by atoms with Gasteiger partial charge in [-0.05, 0) is 24.6 Å². The molecule has 0 radical (unpaired) electrons. The fraction of sp³-hybridized carbons (Fsp3) is 0.385. The third-order valence-corrected chi connectivity index (χ3v) is 2.75. The van der Waals surface area contributed by atoms with E-state index in [0.717, 1.165) is 0 Å². The number of aryl methyl sites for hydroxylation is 1. The standard InChI is InChI=1S/C13H16FNO3/c1-8-4-5-10(14)6-11(8)12(16)15(3)7-9(2)13(17)18/h4-6,9H,7H2,1-3H3,(H,17,18). The van der Waals surface area contributed by atoms with E-state index < -0.39 is 17.7 Å². The summed E-state index contributed by atoms with van der Waals surface area (Å²) in [6.07, 6.45) is 0. The van der Waals surface area contributed by atoms with E-state index in [1.165, 1.54) is 37.1 Å². The van der Waals surface area contributed by atoms with Gasteiger partial charge in [-0.15, -0.1) is 0 Å². The lowest BCUT2D eigenvalue weighted by Crippen LogP contribution is -2.34. The Morgan fingerprint density at radius 1 is 1.44 bits per heavy atom. The molecule has 98 valence electrons. The first-order valence-corrected chi connectivity index (χ1v) is 5.57. The second-order valence-electron chi connectivity index (χ2n) is 4.38. The molecule has 18 heavy (non-hydrogen) atoms. The van der Waals surface area contributed by atoms with Crippen molar-refractivity contribution in [2.24, 2.45) is 5.92 Å². The molecule has 5 heteroatoms. The third-order valence-electron chi connectivity index (χ3n) is 2.75. The zero-order valence-corrected chi connectivity index (χ0v) is 10.6. The molecule has 1 atom stereocenters. The van der Waals surface area contributed by atoms with E-state index in [-0.39, 0.29) is 18.0 Å². The third kappa shape index (κ3) is 3.29. The van der Waals surface area contributed by atoms with Gasteiger partial charge in [0.15, 0.2) is 0 Å². The van der Waals surface area contributed by atoms with Crippen LogP contribution in [0.5, 0.6) is 0 Å². The van der Waals surface area contributed by atoms with Crippen molar-refractivity contribution in [3.63, 3.8) is 0 Å². The molecule has 4 nitrogen and oxygen atoms in total. The zero-order valence-electron chi connectivity index (χ0n) is 10.6. The number of benzene rings is 1. The highest BCUT2D eigenvalue weighted by Crippen LogP contribution is 2.13. The van der Waals surface area contributed by atoms with Gasteiger partial charge >= 0.3 is 5.97 Å². The first kappa shape index (κ1) is 14.2. The Morgan fingerprint density at radius 2 is 2.06 bits per heavy atom. The summed E-state index contributed by atoms with van der Waals surface area (Å²) >= 11 is 0. The molecule has 0 aliphatic rings. The van der Waals surface area contributed by atoms with Gasteiger partial charge in [-0.25, -0.2) is 4.39 Å². The maximum Gasteiger partial charge on any atom is 0.308 e. The smallest absolute Gasteiger partial charge is 0.308 e. The summed E-state index contributed by atoms with van der Waals surface area (Å²) in [6.45, 7) is 3.32. The van der Waals surface area contributed by atoms with Crippen LogP contribution in [0.1, 0.15) is 22.8 Å². The Bertz CT molecular complexity index is 473. The first-order chi connectivity index (χ1) is 8.32. The summed E-state index contributed by atoms with van der Waals surface area (Å²) in [5.41, 5.74) is 0.923. The van der Waals surface area contributed by atoms with Crippen LogP contribution in [0.4, 0.5) is 4.39 Å². The lowest BCUT2D eigenvalue weighted by atomic mass is 10.1. The molecule has 1 unspecified atom stereocenters. The largest absolute Gasteiger partial charge is 0.481 e. The minimum Gasteiger partial charge on any atom is -0.481 e. The minimum absolute atomic E-state index is 0.0874. The lowest BCUT2D eigenvalue weighted by Gasteiger charge is -2.20. The summed E-state index contributed by atoms with van der Waals surface area (Å²) in [6, 6.07) is 3.97. The van der Waals surface area contributed by atoms with Gasteiger partial charge in [0.1, 0.15) is 5.82 Å². The van der Waals surface area contributed by atoms with Crippen LogP contribution in [0.3, 0.4) is 0 Å². The fourth-order valence-corrected chi connectivity index (χ4v) is 1.60. The predicted octanol–water partition coefficient (Wildman–Crippen LogP) is 1.93. The van der Waals surface area contributed by atoms with Gasteiger partial charge in [0.25, 0.3) is 5.91 Å². The zero-order chi connectivity index (χ0) is 13.9. The van der Waals surface area contributed by atoms with Crippen LogP contribution < -0.4 is 0 Å².